The van der Waals surface area contributed by atoms with Gasteiger partial charge in [0, 0.05) is 5.69 Å². The summed E-state index contributed by atoms with van der Waals surface area (Å²) in [5.74, 6) is 0. The van der Waals surface area contributed by atoms with Crippen molar-refractivity contribution in [2.45, 2.75) is 40.0 Å². The lowest BCUT2D eigenvalue weighted by Gasteiger charge is -2.04. The van der Waals surface area contributed by atoms with Crippen molar-refractivity contribution in [3.05, 3.63) is 27.4 Å². The Bertz CT molecular complexity index is 341. The van der Waals surface area contributed by atoms with Crippen molar-refractivity contribution < 1.29 is 0 Å². The molecule has 0 aliphatic carbocycles. The number of H-pyrrole nitrogens is 1. The van der Waals surface area contributed by atoms with Gasteiger partial charge in [-0.3, -0.25) is 9.78 Å². The van der Waals surface area contributed by atoms with E-state index >= 15 is 0 Å². The molecular formula is C10H16N2O. The molecule has 1 rings (SSSR count). The van der Waals surface area contributed by atoms with E-state index in [1.165, 1.54) is 0 Å². The maximum absolute atomic E-state index is 11.2. The monoisotopic (exact) mass is 180 g/mol. The molecule has 0 atom stereocenters. The third-order valence-electron chi connectivity index (χ3n) is 2.15. The van der Waals surface area contributed by atoms with Crippen LogP contribution in [0.2, 0.25) is 0 Å². The summed E-state index contributed by atoms with van der Waals surface area (Å²) in [5, 5.41) is 0. The van der Waals surface area contributed by atoms with Gasteiger partial charge in [-0.2, -0.15) is 0 Å². The van der Waals surface area contributed by atoms with Crippen LogP contribution in [-0.2, 0) is 6.42 Å². The van der Waals surface area contributed by atoms with Gasteiger partial charge in [0.05, 0.1) is 5.69 Å². The standard InChI is InChI=1S/C10H16N2O/c1-4-5-6-9-7(2)11-8(3)10(13)12-9/h4-6H2,1-3H3,(H,12,13). The van der Waals surface area contributed by atoms with E-state index in [1.54, 1.807) is 6.92 Å². The van der Waals surface area contributed by atoms with Crippen molar-refractivity contribution in [3.63, 3.8) is 0 Å². The molecule has 1 heterocycles. The lowest BCUT2D eigenvalue weighted by atomic mass is 10.1. The summed E-state index contributed by atoms with van der Waals surface area (Å²) in [6.45, 7) is 5.80. The predicted molar refractivity (Wildman–Crippen MR) is 52.9 cm³/mol. The molecular weight excluding hydrogens is 164 g/mol. The first-order chi connectivity index (χ1) is 6.15. The molecule has 0 aromatic carbocycles. The van der Waals surface area contributed by atoms with Crippen LogP contribution in [0.4, 0.5) is 0 Å². The number of rotatable bonds is 3. The van der Waals surface area contributed by atoms with Crippen molar-refractivity contribution >= 4 is 0 Å². The van der Waals surface area contributed by atoms with E-state index in [0.29, 0.717) is 5.69 Å². The van der Waals surface area contributed by atoms with Gasteiger partial charge in [-0.1, -0.05) is 13.3 Å². The van der Waals surface area contributed by atoms with Crippen LogP contribution in [0.5, 0.6) is 0 Å². The van der Waals surface area contributed by atoms with Crippen molar-refractivity contribution in [1.82, 2.24) is 9.97 Å². The minimum absolute atomic E-state index is 0.0586. The van der Waals surface area contributed by atoms with Crippen LogP contribution < -0.4 is 5.56 Å². The van der Waals surface area contributed by atoms with Gasteiger partial charge in [0.25, 0.3) is 5.56 Å². The third kappa shape index (κ3) is 2.41. The molecule has 0 radical (unpaired) electrons. The number of aromatic amines is 1. The Labute approximate surface area is 78.2 Å². The first-order valence-electron chi connectivity index (χ1n) is 4.71. The van der Waals surface area contributed by atoms with Gasteiger partial charge in [0.1, 0.15) is 5.69 Å². The van der Waals surface area contributed by atoms with Gasteiger partial charge in [0.2, 0.25) is 0 Å². The molecule has 0 aliphatic rings. The lowest BCUT2D eigenvalue weighted by Crippen LogP contribution is -2.16. The molecule has 0 amide bonds. The number of aryl methyl sites for hydroxylation is 3. The van der Waals surface area contributed by atoms with Crippen molar-refractivity contribution in [1.29, 1.82) is 0 Å². The molecule has 1 aromatic rings. The van der Waals surface area contributed by atoms with Gasteiger partial charge in [0.15, 0.2) is 0 Å². The fourth-order valence-electron chi connectivity index (χ4n) is 1.28. The first-order valence-corrected chi connectivity index (χ1v) is 4.71. The fourth-order valence-corrected chi connectivity index (χ4v) is 1.28. The Morgan fingerprint density at radius 2 is 2.00 bits per heavy atom. The zero-order chi connectivity index (χ0) is 9.84. The molecule has 0 saturated carbocycles. The molecule has 0 aliphatic heterocycles. The van der Waals surface area contributed by atoms with E-state index in [9.17, 15) is 4.79 Å². The van der Waals surface area contributed by atoms with E-state index < -0.39 is 0 Å². The average molecular weight is 180 g/mol. The quantitative estimate of drug-likeness (QED) is 0.770. The summed E-state index contributed by atoms with van der Waals surface area (Å²) in [7, 11) is 0. The maximum atomic E-state index is 11.2. The van der Waals surface area contributed by atoms with Crippen molar-refractivity contribution in [2.75, 3.05) is 0 Å². The van der Waals surface area contributed by atoms with E-state index in [-0.39, 0.29) is 5.56 Å². The Morgan fingerprint density at radius 3 is 2.62 bits per heavy atom. The molecule has 1 N–H and O–H groups in total. The Morgan fingerprint density at radius 1 is 1.31 bits per heavy atom. The van der Waals surface area contributed by atoms with Gasteiger partial charge in [-0.25, -0.2) is 0 Å². The van der Waals surface area contributed by atoms with E-state index in [1.807, 2.05) is 6.92 Å². The second kappa shape index (κ2) is 4.21. The Hall–Kier alpha value is -1.12. The first kappa shape index (κ1) is 9.96. The number of nitrogens with zero attached hydrogens (tertiary/aromatic N) is 1. The van der Waals surface area contributed by atoms with Crippen LogP contribution in [0.15, 0.2) is 4.79 Å². The van der Waals surface area contributed by atoms with Crippen LogP contribution in [0, 0.1) is 13.8 Å². The Balaban J connectivity index is 2.95. The number of nitrogens with one attached hydrogen (secondary N) is 1. The maximum Gasteiger partial charge on any atom is 0.269 e. The number of hydrogen-bond donors (Lipinski definition) is 1. The summed E-state index contributed by atoms with van der Waals surface area (Å²) < 4.78 is 0. The second-order valence-corrected chi connectivity index (χ2v) is 3.32. The largest absolute Gasteiger partial charge is 0.323 e. The highest BCUT2D eigenvalue weighted by molar-refractivity contribution is 5.11. The van der Waals surface area contributed by atoms with Crippen LogP contribution >= 0.6 is 0 Å². The summed E-state index contributed by atoms with van der Waals surface area (Å²) in [6.07, 6.45) is 3.15. The van der Waals surface area contributed by atoms with Gasteiger partial charge >= 0.3 is 0 Å². The topological polar surface area (TPSA) is 45.8 Å². The van der Waals surface area contributed by atoms with Crippen molar-refractivity contribution in [3.8, 4) is 0 Å². The zero-order valence-corrected chi connectivity index (χ0v) is 8.48. The second-order valence-electron chi connectivity index (χ2n) is 3.32. The smallest absolute Gasteiger partial charge is 0.269 e. The van der Waals surface area contributed by atoms with Crippen LogP contribution in [0.25, 0.3) is 0 Å². The zero-order valence-electron chi connectivity index (χ0n) is 8.48. The predicted octanol–water partition coefficient (Wildman–Crippen LogP) is 1.73. The average Bonchev–Trinajstić information content (AvgIpc) is 2.09. The van der Waals surface area contributed by atoms with E-state index in [2.05, 4.69) is 16.9 Å². The SMILES string of the molecule is CCCCc1[nH]c(=O)c(C)nc1C. The number of hydrogen-bond acceptors (Lipinski definition) is 2. The lowest BCUT2D eigenvalue weighted by molar-refractivity contribution is 0.756. The molecule has 1 aromatic heterocycles. The van der Waals surface area contributed by atoms with Crippen LogP contribution in [0.3, 0.4) is 0 Å². The molecule has 0 fully saturated rings. The third-order valence-corrected chi connectivity index (χ3v) is 2.15. The highest BCUT2D eigenvalue weighted by Gasteiger charge is 2.02. The molecule has 0 spiro atoms. The van der Waals surface area contributed by atoms with Gasteiger partial charge in [-0.15, -0.1) is 0 Å². The molecule has 0 bridgehead atoms. The Kier molecular flexibility index (Phi) is 3.23. The molecule has 0 saturated heterocycles. The summed E-state index contributed by atoms with van der Waals surface area (Å²) in [5.41, 5.74) is 2.43. The number of unbranched alkanes of at least 4 members (excludes halogenated alkanes) is 1. The highest BCUT2D eigenvalue weighted by Crippen LogP contribution is 2.03. The minimum atomic E-state index is -0.0586. The van der Waals surface area contributed by atoms with Crippen molar-refractivity contribution in [2.24, 2.45) is 0 Å². The molecule has 13 heavy (non-hydrogen) atoms. The molecule has 3 nitrogen and oxygen atoms in total. The normalized spacial score (nSPS) is 10.4. The van der Waals surface area contributed by atoms with Gasteiger partial charge in [-0.05, 0) is 26.7 Å². The minimum Gasteiger partial charge on any atom is -0.323 e. The van der Waals surface area contributed by atoms with Crippen LogP contribution in [0.1, 0.15) is 36.8 Å². The summed E-state index contributed by atoms with van der Waals surface area (Å²) in [4.78, 5) is 18.3. The summed E-state index contributed by atoms with van der Waals surface area (Å²) >= 11 is 0. The molecule has 0 unspecified atom stereocenters. The van der Waals surface area contributed by atoms with E-state index in [4.69, 9.17) is 0 Å². The molecule has 3 heteroatoms. The van der Waals surface area contributed by atoms with E-state index in [0.717, 1.165) is 30.7 Å². The molecule has 72 valence electrons. The fraction of sp³-hybridized carbons (Fsp3) is 0.600. The van der Waals surface area contributed by atoms with Gasteiger partial charge < -0.3 is 4.98 Å². The highest BCUT2D eigenvalue weighted by atomic mass is 16.1. The van der Waals surface area contributed by atoms with Crippen LogP contribution in [-0.4, -0.2) is 9.97 Å². The number of aromatic nitrogens is 2. The summed E-state index contributed by atoms with van der Waals surface area (Å²) in [6, 6.07) is 0.